The Balaban J connectivity index is 0. The van der Waals surface area contributed by atoms with E-state index >= 15 is 0 Å². The van der Waals surface area contributed by atoms with Crippen molar-refractivity contribution in [3.8, 4) is 0 Å². The van der Waals surface area contributed by atoms with Crippen molar-refractivity contribution in [3.05, 3.63) is 0 Å². The molecular weight excluding hydrogens is 513 g/mol. The number of halogens is 6. The summed E-state index contributed by atoms with van der Waals surface area (Å²) in [4.78, 5) is 0. The number of hydrogen-bond donors (Lipinski definition) is 0. The summed E-state index contributed by atoms with van der Waals surface area (Å²) in [5.41, 5.74) is 0. The molecule has 0 fully saturated rings. The van der Waals surface area contributed by atoms with Crippen molar-refractivity contribution in [2.45, 2.75) is 162 Å². The van der Waals surface area contributed by atoms with Gasteiger partial charge in [0.2, 0.25) is 0 Å². The third kappa shape index (κ3) is 47.5. The van der Waals surface area contributed by atoms with E-state index in [1.807, 2.05) is 0 Å². The van der Waals surface area contributed by atoms with Crippen LogP contribution in [0.25, 0.3) is 0 Å². The van der Waals surface area contributed by atoms with Gasteiger partial charge >= 0.3 is 33.0 Å². The van der Waals surface area contributed by atoms with Gasteiger partial charge in [0.1, 0.15) is 17.3 Å². The summed E-state index contributed by atoms with van der Waals surface area (Å²) in [6.45, 7) is 6.96. The molecule has 0 aliphatic rings. The summed E-state index contributed by atoms with van der Waals surface area (Å²) in [6.07, 6.45) is 32.3. The molecule has 224 valence electrons. The molecule has 0 aliphatic heterocycles. The van der Waals surface area contributed by atoms with E-state index in [1.54, 1.807) is 17.3 Å². The van der Waals surface area contributed by atoms with Gasteiger partial charge in [-0.2, -0.15) is 0 Å². The molecule has 0 rings (SSSR count). The molecule has 0 spiro atoms. The molecule has 8 heteroatoms. The molecule has 0 amide bonds. The third-order valence-electron chi connectivity index (χ3n) is 6.36. The van der Waals surface area contributed by atoms with Crippen molar-refractivity contribution in [1.29, 1.82) is 0 Å². The third-order valence-corrected chi connectivity index (χ3v) is 8.96. The first-order valence-corrected chi connectivity index (χ1v) is 18.8. The Morgan fingerprint density at radius 2 is 0.500 bits per heavy atom. The molecule has 0 nitrogen and oxygen atoms in total. The normalized spacial score (nSPS) is 13.8. The van der Waals surface area contributed by atoms with Crippen LogP contribution in [0, 0.1) is 0 Å². The van der Waals surface area contributed by atoms with Crippen molar-refractivity contribution in [3.63, 3.8) is 0 Å². The van der Waals surface area contributed by atoms with Crippen molar-refractivity contribution < 1.29 is 25.2 Å². The van der Waals surface area contributed by atoms with E-state index in [2.05, 4.69) is 20.8 Å². The molecular formula is C28H59F6PS. The monoisotopic (exact) mass is 572 g/mol. The van der Waals surface area contributed by atoms with Gasteiger partial charge in [0.15, 0.2) is 0 Å². The van der Waals surface area contributed by atoms with Gasteiger partial charge in [0.05, 0.1) is 0 Å². The fraction of sp³-hybridized carbons (Fsp3) is 1.00. The van der Waals surface area contributed by atoms with E-state index in [0.29, 0.717) is 0 Å². The predicted molar refractivity (Wildman–Crippen MR) is 154 cm³/mol. The molecule has 0 bridgehead atoms. The summed E-state index contributed by atoms with van der Waals surface area (Å²) < 4.78 is 59.2. The first-order chi connectivity index (χ1) is 16.8. The fourth-order valence-electron chi connectivity index (χ4n) is 4.27. The van der Waals surface area contributed by atoms with Crippen LogP contribution >= 0.6 is 7.81 Å². The van der Waals surface area contributed by atoms with Gasteiger partial charge in [-0.3, -0.25) is 0 Å². The van der Waals surface area contributed by atoms with Gasteiger partial charge in [-0.15, -0.1) is 0 Å². The fourth-order valence-corrected chi connectivity index (χ4v) is 6.72. The Morgan fingerprint density at radius 3 is 0.694 bits per heavy atom. The summed E-state index contributed by atoms with van der Waals surface area (Å²) in [6, 6.07) is 0. The molecule has 0 atom stereocenters. The summed E-state index contributed by atoms with van der Waals surface area (Å²) >= 11 is 0. The molecule has 36 heavy (non-hydrogen) atoms. The zero-order valence-electron chi connectivity index (χ0n) is 23.8. The van der Waals surface area contributed by atoms with Crippen molar-refractivity contribution in [2.24, 2.45) is 0 Å². The average molecular weight is 573 g/mol. The van der Waals surface area contributed by atoms with E-state index in [0.717, 1.165) is 10.9 Å². The quantitative estimate of drug-likeness (QED) is 0.0442. The topological polar surface area (TPSA) is 0 Å². The summed E-state index contributed by atoms with van der Waals surface area (Å²) in [5.74, 6) is 4.67. The average Bonchev–Trinajstić information content (AvgIpc) is 2.77. The predicted octanol–water partition coefficient (Wildman–Crippen LogP) is 13.6. The molecule has 0 N–H and O–H groups in total. The summed E-state index contributed by atoms with van der Waals surface area (Å²) in [5, 5.41) is 0. The SMILES string of the molecule is CCCCCCCCCC[S+](CCCCCCCC)CCCCCCCCCC.F[P-](F)(F)(F)(F)F. The molecule has 0 aromatic heterocycles. The van der Waals surface area contributed by atoms with E-state index in [4.69, 9.17) is 0 Å². The second-order valence-corrected chi connectivity index (χ2v) is 14.8. The molecule has 0 radical (unpaired) electrons. The molecule has 0 saturated heterocycles. The molecule has 0 unspecified atom stereocenters. The standard InChI is InChI=1S/C28H59S.F6P/c1-4-7-10-13-16-18-21-24-27-29(26-23-20-15-12-9-6-3)28-25-22-19-17-14-11-8-5-2;1-7(2,3,4,5)6/h4-28H2,1-3H3;/q+1;-1. The maximum atomic E-state index is 9.87. The van der Waals surface area contributed by atoms with Crippen LogP contribution in [0.5, 0.6) is 0 Å². The number of hydrogen-bond acceptors (Lipinski definition) is 0. The Bertz CT molecular complexity index is 424. The van der Waals surface area contributed by atoms with Crippen molar-refractivity contribution in [1.82, 2.24) is 0 Å². The molecule has 0 aliphatic carbocycles. The first kappa shape index (κ1) is 38.5. The van der Waals surface area contributed by atoms with E-state index in [-0.39, 0.29) is 0 Å². The van der Waals surface area contributed by atoms with Gasteiger partial charge in [0.25, 0.3) is 0 Å². The van der Waals surface area contributed by atoms with Crippen LogP contribution in [0.3, 0.4) is 0 Å². The van der Waals surface area contributed by atoms with Crippen LogP contribution in [-0.4, -0.2) is 17.3 Å². The van der Waals surface area contributed by atoms with Crippen LogP contribution in [0.15, 0.2) is 0 Å². The molecule has 0 aromatic carbocycles. The van der Waals surface area contributed by atoms with Gasteiger partial charge in [-0.05, 0) is 49.4 Å². The van der Waals surface area contributed by atoms with E-state index in [9.17, 15) is 25.2 Å². The van der Waals surface area contributed by atoms with Crippen molar-refractivity contribution in [2.75, 3.05) is 17.3 Å². The van der Waals surface area contributed by atoms with Crippen molar-refractivity contribution >= 4 is 18.7 Å². The van der Waals surface area contributed by atoms with Crippen LogP contribution in [0.1, 0.15) is 162 Å². The molecule has 0 aromatic rings. The van der Waals surface area contributed by atoms with Crippen LogP contribution in [0.2, 0.25) is 0 Å². The molecule has 0 saturated carbocycles. The van der Waals surface area contributed by atoms with Gasteiger partial charge < -0.3 is 0 Å². The number of rotatable bonds is 25. The zero-order chi connectivity index (χ0) is 27.7. The maximum absolute atomic E-state index is 10.7. The van der Waals surface area contributed by atoms with E-state index < -0.39 is 7.81 Å². The zero-order valence-corrected chi connectivity index (χ0v) is 25.5. The Hall–Kier alpha value is 0.360. The summed E-state index contributed by atoms with van der Waals surface area (Å²) in [7, 11) is -9.91. The van der Waals surface area contributed by atoms with Crippen LogP contribution < -0.4 is 0 Å². The first-order valence-electron chi connectivity index (χ1n) is 15.0. The van der Waals surface area contributed by atoms with Crippen LogP contribution in [0.4, 0.5) is 25.2 Å². The minimum atomic E-state index is -10.7. The van der Waals surface area contributed by atoms with Gasteiger partial charge in [-0.1, -0.05) is 124 Å². The van der Waals surface area contributed by atoms with E-state index in [1.165, 1.54) is 141 Å². The second-order valence-electron chi connectivity index (χ2n) is 10.4. The molecule has 0 heterocycles. The Kier molecular flexibility index (Phi) is 23.8. The minimum absolute atomic E-state index is 0.748. The Labute approximate surface area is 223 Å². The number of unbranched alkanes of at least 4 members (excludes halogenated alkanes) is 19. The Morgan fingerprint density at radius 1 is 0.333 bits per heavy atom. The second kappa shape index (κ2) is 22.2. The van der Waals surface area contributed by atoms with Gasteiger partial charge in [-0.25, -0.2) is 0 Å². The van der Waals surface area contributed by atoms with Crippen LogP contribution in [-0.2, 0) is 10.9 Å². The van der Waals surface area contributed by atoms with Gasteiger partial charge in [0, 0.05) is 0 Å².